The van der Waals surface area contributed by atoms with Gasteiger partial charge >= 0.3 is 0 Å². The molecule has 0 aromatic carbocycles. The molecule has 3 rings (SSSR count). The van der Waals surface area contributed by atoms with Crippen LogP contribution in [0.25, 0.3) is 11.2 Å². The van der Waals surface area contributed by atoms with Crippen molar-refractivity contribution in [2.24, 2.45) is 0 Å². The van der Waals surface area contributed by atoms with E-state index in [1.54, 1.807) is 20.5 Å². The number of nitrogen functional groups attached to an aromatic ring is 1. The first-order valence-electron chi connectivity index (χ1n) is 7.81. The van der Waals surface area contributed by atoms with Gasteiger partial charge in [0.05, 0.1) is 19.5 Å². The van der Waals surface area contributed by atoms with E-state index in [1.165, 1.54) is 6.33 Å². The Kier molecular flexibility index (Phi) is 4.95. The van der Waals surface area contributed by atoms with Crippen molar-refractivity contribution in [3.05, 3.63) is 12.7 Å². The molecule has 24 heavy (non-hydrogen) atoms. The number of nitrogens with two attached hydrogens (primary N) is 1. The van der Waals surface area contributed by atoms with E-state index >= 15 is 0 Å². The summed E-state index contributed by atoms with van der Waals surface area (Å²) in [6, 6.07) is 0. The largest absolute Gasteiger partial charge is 0.382 e. The van der Waals surface area contributed by atoms with Gasteiger partial charge in [-0.05, 0) is 6.92 Å². The number of anilines is 1. The van der Waals surface area contributed by atoms with E-state index in [-0.39, 0.29) is 12.3 Å². The second-order valence-corrected chi connectivity index (χ2v) is 5.85. The standard InChI is InChI=1S/C15H23N5O4/c1-10(20-9-19-12-13(16)17-8-18-14(12)20)24-15(7-21-2)4-5-23-6-11(15)22-3/h8-11H,4-7H2,1-3H3,(H2,16,17,18)/t10?,11?,15-/m1/s1. The first kappa shape index (κ1) is 17.0. The van der Waals surface area contributed by atoms with Gasteiger partial charge in [0.15, 0.2) is 11.5 Å². The topological polar surface area (TPSA) is 107 Å². The molecular formula is C15H23N5O4. The number of fused-ring (bicyclic) bond motifs is 1. The third-order valence-corrected chi connectivity index (χ3v) is 4.38. The maximum absolute atomic E-state index is 6.41. The lowest BCUT2D eigenvalue weighted by Gasteiger charge is -2.43. The van der Waals surface area contributed by atoms with Gasteiger partial charge < -0.3 is 24.7 Å². The molecule has 2 aromatic rings. The molecule has 2 unspecified atom stereocenters. The fourth-order valence-corrected chi connectivity index (χ4v) is 3.14. The molecule has 1 fully saturated rings. The average molecular weight is 337 g/mol. The highest BCUT2D eigenvalue weighted by Gasteiger charge is 2.45. The Morgan fingerprint density at radius 3 is 3.00 bits per heavy atom. The smallest absolute Gasteiger partial charge is 0.167 e. The maximum Gasteiger partial charge on any atom is 0.167 e. The van der Waals surface area contributed by atoms with Gasteiger partial charge in [0.1, 0.15) is 29.8 Å². The van der Waals surface area contributed by atoms with Gasteiger partial charge in [0.25, 0.3) is 0 Å². The fraction of sp³-hybridized carbons (Fsp3) is 0.667. The Morgan fingerprint density at radius 2 is 2.25 bits per heavy atom. The van der Waals surface area contributed by atoms with E-state index in [0.717, 1.165) is 0 Å². The van der Waals surface area contributed by atoms with Crippen LogP contribution in [0.4, 0.5) is 5.82 Å². The zero-order valence-corrected chi connectivity index (χ0v) is 14.1. The number of ether oxygens (including phenoxy) is 4. The van der Waals surface area contributed by atoms with E-state index in [4.69, 9.17) is 24.7 Å². The van der Waals surface area contributed by atoms with Gasteiger partial charge in [-0.3, -0.25) is 4.57 Å². The van der Waals surface area contributed by atoms with Crippen molar-refractivity contribution in [1.82, 2.24) is 19.5 Å². The summed E-state index contributed by atoms with van der Waals surface area (Å²) in [5.41, 5.74) is 6.43. The van der Waals surface area contributed by atoms with E-state index in [1.807, 2.05) is 11.5 Å². The second kappa shape index (κ2) is 6.98. The molecule has 0 spiro atoms. The van der Waals surface area contributed by atoms with E-state index in [0.29, 0.717) is 43.2 Å². The van der Waals surface area contributed by atoms with Crippen LogP contribution in [0.2, 0.25) is 0 Å². The zero-order chi connectivity index (χ0) is 17.2. The lowest BCUT2D eigenvalue weighted by atomic mass is 9.91. The van der Waals surface area contributed by atoms with Crippen molar-refractivity contribution in [2.45, 2.75) is 31.3 Å². The maximum atomic E-state index is 6.41. The molecule has 132 valence electrons. The van der Waals surface area contributed by atoms with Gasteiger partial charge in [-0.1, -0.05) is 0 Å². The van der Waals surface area contributed by atoms with Crippen molar-refractivity contribution in [2.75, 3.05) is 39.8 Å². The van der Waals surface area contributed by atoms with Crippen molar-refractivity contribution in [3.8, 4) is 0 Å². The predicted molar refractivity (Wildman–Crippen MR) is 86.4 cm³/mol. The molecule has 2 N–H and O–H groups in total. The quantitative estimate of drug-likeness (QED) is 0.823. The summed E-state index contributed by atoms with van der Waals surface area (Å²) in [6.45, 7) is 3.39. The Morgan fingerprint density at radius 1 is 1.42 bits per heavy atom. The number of rotatable bonds is 6. The first-order chi connectivity index (χ1) is 11.6. The number of hydrogen-bond donors (Lipinski definition) is 1. The third-order valence-electron chi connectivity index (χ3n) is 4.38. The van der Waals surface area contributed by atoms with Crippen LogP contribution in [0.1, 0.15) is 19.6 Å². The molecule has 0 saturated carbocycles. The summed E-state index contributed by atoms with van der Waals surface area (Å²) in [4.78, 5) is 12.5. The number of aromatic nitrogens is 4. The summed E-state index contributed by atoms with van der Waals surface area (Å²) >= 11 is 0. The Hall–Kier alpha value is -1.81. The molecule has 9 heteroatoms. The van der Waals surface area contributed by atoms with Gasteiger partial charge in [0, 0.05) is 27.2 Å². The highest BCUT2D eigenvalue weighted by Crippen LogP contribution is 2.33. The van der Waals surface area contributed by atoms with Crippen LogP contribution in [-0.4, -0.2) is 65.3 Å². The molecular weight excluding hydrogens is 314 g/mol. The molecule has 0 aliphatic carbocycles. The monoisotopic (exact) mass is 337 g/mol. The summed E-state index contributed by atoms with van der Waals surface area (Å²) in [5.74, 6) is 0.346. The first-order valence-corrected chi connectivity index (χ1v) is 7.81. The molecule has 0 bridgehead atoms. The van der Waals surface area contributed by atoms with E-state index in [9.17, 15) is 0 Å². The highest BCUT2D eigenvalue weighted by molar-refractivity contribution is 5.81. The molecule has 9 nitrogen and oxygen atoms in total. The fourth-order valence-electron chi connectivity index (χ4n) is 3.14. The summed E-state index contributed by atoms with van der Waals surface area (Å²) < 4.78 is 24.7. The zero-order valence-electron chi connectivity index (χ0n) is 14.1. The van der Waals surface area contributed by atoms with Crippen LogP contribution in [0.5, 0.6) is 0 Å². The van der Waals surface area contributed by atoms with Crippen LogP contribution in [0.15, 0.2) is 12.7 Å². The van der Waals surface area contributed by atoms with Crippen LogP contribution in [0.3, 0.4) is 0 Å². The van der Waals surface area contributed by atoms with E-state index < -0.39 is 5.60 Å². The van der Waals surface area contributed by atoms with Gasteiger partial charge in [-0.15, -0.1) is 0 Å². The SMILES string of the molecule is COC[C@]1(OC(C)n2cnc3c(N)ncnc32)CCOCC1OC. The summed E-state index contributed by atoms with van der Waals surface area (Å²) in [6.07, 6.45) is 3.19. The van der Waals surface area contributed by atoms with Crippen LogP contribution in [-0.2, 0) is 18.9 Å². The van der Waals surface area contributed by atoms with Crippen molar-refractivity contribution < 1.29 is 18.9 Å². The molecule has 0 radical (unpaired) electrons. The number of imidazole rings is 1. The lowest BCUT2D eigenvalue weighted by Crippen LogP contribution is -2.56. The molecule has 2 aromatic heterocycles. The molecule has 1 aliphatic heterocycles. The second-order valence-electron chi connectivity index (χ2n) is 5.85. The Bertz CT molecular complexity index is 690. The Labute approximate surface area is 140 Å². The van der Waals surface area contributed by atoms with Gasteiger partial charge in [-0.2, -0.15) is 0 Å². The van der Waals surface area contributed by atoms with Crippen LogP contribution in [0, 0.1) is 0 Å². The minimum atomic E-state index is -0.601. The molecule has 3 atom stereocenters. The molecule has 1 aliphatic rings. The number of hydrogen-bond acceptors (Lipinski definition) is 8. The normalized spacial score (nSPS) is 25.9. The summed E-state index contributed by atoms with van der Waals surface area (Å²) in [7, 11) is 3.30. The van der Waals surface area contributed by atoms with Crippen molar-refractivity contribution in [1.29, 1.82) is 0 Å². The number of methoxy groups -OCH3 is 2. The minimum Gasteiger partial charge on any atom is -0.382 e. The Balaban J connectivity index is 1.90. The predicted octanol–water partition coefficient (Wildman–Crippen LogP) is 0.764. The van der Waals surface area contributed by atoms with Crippen molar-refractivity contribution >= 4 is 17.0 Å². The molecule has 3 heterocycles. The average Bonchev–Trinajstić information content (AvgIpc) is 3.01. The molecule has 1 saturated heterocycles. The van der Waals surface area contributed by atoms with Gasteiger partial charge in [0.2, 0.25) is 0 Å². The van der Waals surface area contributed by atoms with Crippen molar-refractivity contribution in [3.63, 3.8) is 0 Å². The summed E-state index contributed by atoms with van der Waals surface area (Å²) in [5, 5.41) is 0. The molecule has 0 amide bonds. The highest BCUT2D eigenvalue weighted by atomic mass is 16.6. The van der Waals surface area contributed by atoms with E-state index in [2.05, 4.69) is 15.0 Å². The van der Waals surface area contributed by atoms with Crippen LogP contribution >= 0.6 is 0 Å². The third kappa shape index (κ3) is 2.95. The number of nitrogens with zero attached hydrogens (tertiary/aromatic N) is 4. The lowest BCUT2D eigenvalue weighted by molar-refractivity contribution is -0.239. The van der Waals surface area contributed by atoms with Crippen LogP contribution < -0.4 is 5.73 Å². The van der Waals surface area contributed by atoms with Gasteiger partial charge in [-0.25, -0.2) is 15.0 Å². The minimum absolute atomic E-state index is 0.219.